The van der Waals surface area contributed by atoms with Gasteiger partial charge in [0.25, 0.3) is 0 Å². The molecule has 0 saturated carbocycles. The van der Waals surface area contributed by atoms with Crippen LogP contribution in [0.4, 0.5) is 0 Å². The predicted molar refractivity (Wildman–Crippen MR) is 232 cm³/mol. The molecule has 0 heterocycles. The Bertz CT molecular complexity index is 996. The van der Waals surface area contributed by atoms with Crippen LogP contribution in [-0.2, 0) is 14.3 Å². The number of unbranched alkanes of at least 4 members (excludes halogenated alkanes) is 15. The molecule has 53 heavy (non-hydrogen) atoms. The van der Waals surface area contributed by atoms with Crippen LogP contribution < -0.4 is 0 Å². The van der Waals surface area contributed by atoms with Crippen LogP contribution >= 0.6 is 0 Å². The molecule has 4 nitrogen and oxygen atoms in total. The number of rotatable bonds is 39. The fourth-order valence-corrected chi connectivity index (χ4v) is 5.66. The van der Waals surface area contributed by atoms with E-state index in [2.05, 4.69) is 111 Å². The normalized spacial score (nSPS) is 13.3. The number of ether oxygens (including phenoxy) is 2. The van der Waals surface area contributed by atoms with Crippen molar-refractivity contribution < 1.29 is 19.4 Å². The molecule has 0 fully saturated rings. The Morgan fingerprint density at radius 3 is 1.28 bits per heavy atom. The lowest BCUT2D eigenvalue weighted by Gasteiger charge is -2.15. The van der Waals surface area contributed by atoms with E-state index < -0.39 is 6.10 Å². The van der Waals surface area contributed by atoms with Crippen LogP contribution in [0.15, 0.2) is 97.2 Å². The summed E-state index contributed by atoms with van der Waals surface area (Å²) in [6.07, 6.45) is 64.7. The van der Waals surface area contributed by atoms with Gasteiger partial charge in [0.2, 0.25) is 0 Å². The summed E-state index contributed by atoms with van der Waals surface area (Å²) >= 11 is 0. The summed E-state index contributed by atoms with van der Waals surface area (Å²) in [6, 6.07) is 0. The van der Waals surface area contributed by atoms with Crippen LogP contribution in [0.3, 0.4) is 0 Å². The van der Waals surface area contributed by atoms with E-state index in [1.165, 1.54) is 89.9 Å². The van der Waals surface area contributed by atoms with E-state index in [4.69, 9.17) is 9.47 Å². The van der Waals surface area contributed by atoms with E-state index in [1.54, 1.807) is 0 Å². The zero-order valence-corrected chi connectivity index (χ0v) is 34.5. The van der Waals surface area contributed by atoms with Crippen molar-refractivity contribution in [3.05, 3.63) is 97.2 Å². The third-order valence-electron chi connectivity index (χ3n) is 8.89. The molecule has 1 atom stereocenters. The summed E-state index contributed by atoms with van der Waals surface area (Å²) in [5, 5.41) is 9.60. The SMILES string of the molecule is CC/C=C\C/C=C\C/C=C\C/C=C\C/C=C\CCCC(=O)OC(CO)COCCCCCCCCCCC/C=C\C/C=C\C/C=C\CCCCCCC. The first-order valence-corrected chi connectivity index (χ1v) is 21.8. The maximum Gasteiger partial charge on any atom is 0.306 e. The minimum atomic E-state index is -0.574. The van der Waals surface area contributed by atoms with Gasteiger partial charge in [0, 0.05) is 13.0 Å². The van der Waals surface area contributed by atoms with Crippen molar-refractivity contribution >= 4 is 5.97 Å². The molecule has 0 aromatic carbocycles. The highest BCUT2D eigenvalue weighted by Crippen LogP contribution is 2.12. The van der Waals surface area contributed by atoms with Crippen LogP contribution in [0, 0.1) is 0 Å². The molecule has 1 N–H and O–H groups in total. The van der Waals surface area contributed by atoms with E-state index in [0.29, 0.717) is 13.0 Å². The lowest BCUT2D eigenvalue weighted by molar-refractivity contribution is -0.154. The van der Waals surface area contributed by atoms with E-state index in [9.17, 15) is 9.90 Å². The minimum Gasteiger partial charge on any atom is -0.457 e. The Hall–Kier alpha value is -2.69. The lowest BCUT2D eigenvalue weighted by atomic mass is 10.1. The van der Waals surface area contributed by atoms with Crippen LogP contribution in [0.1, 0.15) is 181 Å². The second kappa shape index (κ2) is 45.5. The molecule has 0 aromatic rings. The average molecular weight is 735 g/mol. The highest BCUT2D eigenvalue weighted by Gasteiger charge is 2.13. The smallest absolute Gasteiger partial charge is 0.306 e. The lowest BCUT2D eigenvalue weighted by Crippen LogP contribution is -2.27. The fourth-order valence-electron chi connectivity index (χ4n) is 5.66. The maximum absolute atomic E-state index is 12.2. The third-order valence-corrected chi connectivity index (χ3v) is 8.89. The molecule has 0 aromatic heterocycles. The minimum absolute atomic E-state index is 0.203. The molecule has 1 unspecified atom stereocenters. The Morgan fingerprint density at radius 2 is 0.849 bits per heavy atom. The number of hydrogen-bond acceptors (Lipinski definition) is 4. The first kappa shape index (κ1) is 50.3. The molecule has 0 saturated heterocycles. The molecule has 0 spiro atoms. The summed E-state index contributed by atoms with van der Waals surface area (Å²) in [5.74, 6) is -0.262. The predicted octanol–water partition coefficient (Wildman–Crippen LogP) is 14.5. The maximum atomic E-state index is 12.2. The van der Waals surface area contributed by atoms with Gasteiger partial charge in [-0.15, -0.1) is 0 Å². The van der Waals surface area contributed by atoms with Gasteiger partial charge in [-0.1, -0.05) is 182 Å². The first-order valence-electron chi connectivity index (χ1n) is 21.8. The van der Waals surface area contributed by atoms with Crippen LogP contribution in [0.5, 0.6) is 0 Å². The number of carbonyl (C=O) groups excluding carboxylic acids is 1. The average Bonchev–Trinajstić information content (AvgIpc) is 3.16. The van der Waals surface area contributed by atoms with E-state index in [0.717, 1.165) is 70.6 Å². The molecule has 0 amide bonds. The fraction of sp³-hybridized carbons (Fsp3) is 0.653. The second-order valence-electron chi connectivity index (χ2n) is 14.0. The van der Waals surface area contributed by atoms with Gasteiger partial charge >= 0.3 is 5.97 Å². The van der Waals surface area contributed by atoms with Gasteiger partial charge in [0.05, 0.1) is 13.2 Å². The Balaban J connectivity index is 3.55. The number of hydrogen-bond donors (Lipinski definition) is 1. The summed E-state index contributed by atoms with van der Waals surface area (Å²) in [6.45, 7) is 5.13. The van der Waals surface area contributed by atoms with Crippen molar-refractivity contribution in [1.29, 1.82) is 0 Å². The standard InChI is InChI=1S/C49H82O4/c1-3-5-7-9-11-13-15-17-19-21-22-23-24-25-26-27-29-31-33-35-37-39-41-43-45-52-47-48(46-50)53-49(51)44-42-40-38-36-34-32-30-28-20-18-16-14-12-10-8-6-4-2/h6,8,12,14-15,17-18,20-22,24-25,30,32,36,38,48,50H,3-5,7,9-11,13,16,19,23,26-29,31,33-35,37,39-47H2,1-2H3/b8-6-,14-12-,17-15-,20-18-,22-21-,25-24-,32-30-,38-36-. The molecule has 302 valence electrons. The third kappa shape index (κ3) is 43.6. The molecular weight excluding hydrogens is 653 g/mol. The van der Waals surface area contributed by atoms with Gasteiger partial charge in [-0.2, -0.15) is 0 Å². The summed E-state index contributed by atoms with van der Waals surface area (Å²) in [5.41, 5.74) is 0. The van der Waals surface area contributed by atoms with Crippen LogP contribution in [0.25, 0.3) is 0 Å². The van der Waals surface area contributed by atoms with Gasteiger partial charge in [-0.25, -0.2) is 0 Å². The number of aliphatic hydroxyl groups is 1. The number of aliphatic hydroxyl groups excluding tert-OH is 1. The Kier molecular flexibility index (Phi) is 43.2. The molecule has 4 heteroatoms. The number of allylic oxidation sites excluding steroid dienone is 16. The summed E-state index contributed by atoms with van der Waals surface area (Å²) in [4.78, 5) is 12.2. The second-order valence-corrected chi connectivity index (χ2v) is 14.0. The van der Waals surface area contributed by atoms with Crippen LogP contribution in [-0.4, -0.2) is 37.0 Å². The molecule has 0 aliphatic heterocycles. The van der Waals surface area contributed by atoms with Crippen molar-refractivity contribution in [2.24, 2.45) is 0 Å². The van der Waals surface area contributed by atoms with Gasteiger partial charge < -0.3 is 14.6 Å². The zero-order valence-electron chi connectivity index (χ0n) is 34.5. The molecule has 0 aliphatic rings. The first-order chi connectivity index (χ1) is 26.2. The Labute approximate surface area is 328 Å². The van der Waals surface area contributed by atoms with Gasteiger partial charge in [0.15, 0.2) is 0 Å². The van der Waals surface area contributed by atoms with E-state index >= 15 is 0 Å². The highest BCUT2D eigenvalue weighted by atomic mass is 16.6. The number of esters is 1. The molecular formula is C49H82O4. The highest BCUT2D eigenvalue weighted by molar-refractivity contribution is 5.69. The van der Waals surface area contributed by atoms with Gasteiger partial charge in [0.1, 0.15) is 6.10 Å². The van der Waals surface area contributed by atoms with Crippen molar-refractivity contribution in [1.82, 2.24) is 0 Å². The van der Waals surface area contributed by atoms with Crippen molar-refractivity contribution in [2.75, 3.05) is 19.8 Å². The van der Waals surface area contributed by atoms with Crippen molar-refractivity contribution in [2.45, 2.75) is 187 Å². The van der Waals surface area contributed by atoms with Gasteiger partial charge in [-0.05, 0) is 89.9 Å². The monoisotopic (exact) mass is 735 g/mol. The van der Waals surface area contributed by atoms with E-state index in [-0.39, 0.29) is 19.2 Å². The quantitative estimate of drug-likeness (QED) is 0.0388. The molecule has 0 bridgehead atoms. The Morgan fingerprint density at radius 1 is 0.472 bits per heavy atom. The summed E-state index contributed by atoms with van der Waals surface area (Å²) in [7, 11) is 0. The largest absolute Gasteiger partial charge is 0.457 e. The van der Waals surface area contributed by atoms with Gasteiger partial charge in [-0.3, -0.25) is 4.79 Å². The molecule has 0 radical (unpaired) electrons. The van der Waals surface area contributed by atoms with Crippen LogP contribution in [0.2, 0.25) is 0 Å². The molecule has 0 rings (SSSR count). The van der Waals surface area contributed by atoms with E-state index in [1.807, 2.05) is 0 Å². The van der Waals surface area contributed by atoms with Crippen molar-refractivity contribution in [3.8, 4) is 0 Å². The summed E-state index contributed by atoms with van der Waals surface area (Å²) < 4.78 is 11.1. The van der Waals surface area contributed by atoms with Crippen molar-refractivity contribution in [3.63, 3.8) is 0 Å². The topological polar surface area (TPSA) is 55.8 Å². The number of carbonyl (C=O) groups is 1. The zero-order chi connectivity index (χ0) is 38.4. The molecule has 0 aliphatic carbocycles.